The van der Waals surface area contributed by atoms with Crippen molar-refractivity contribution in [2.24, 2.45) is 0 Å². The molecule has 102 valence electrons. The van der Waals surface area contributed by atoms with Crippen LogP contribution in [0.15, 0.2) is 22.7 Å². The van der Waals surface area contributed by atoms with Crippen molar-refractivity contribution in [2.45, 2.75) is 32.3 Å². The Bertz CT molecular complexity index is 572. The second-order valence-electron chi connectivity index (χ2n) is 4.47. The first-order chi connectivity index (χ1) is 8.99. The standard InChI is InChI=1S/C13H14ClFN2O2/c1-7(8(2)18)13-16-11(17-19-13)6-9-4-3-5-10(14)12(9)15/h3-5,7-8,18H,6H2,1-2H3. The van der Waals surface area contributed by atoms with Gasteiger partial charge in [0, 0.05) is 6.42 Å². The molecule has 19 heavy (non-hydrogen) atoms. The summed E-state index contributed by atoms with van der Waals surface area (Å²) in [4.78, 5) is 4.15. The van der Waals surface area contributed by atoms with Gasteiger partial charge in [0.1, 0.15) is 5.82 Å². The molecule has 1 heterocycles. The van der Waals surface area contributed by atoms with Crippen molar-refractivity contribution in [3.63, 3.8) is 0 Å². The minimum atomic E-state index is -0.587. The summed E-state index contributed by atoms with van der Waals surface area (Å²) in [5.41, 5.74) is 0.407. The van der Waals surface area contributed by atoms with Crippen LogP contribution >= 0.6 is 11.6 Å². The van der Waals surface area contributed by atoms with E-state index in [0.29, 0.717) is 17.3 Å². The van der Waals surface area contributed by atoms with Crippen LogP contribution in [0.25, 0.3) is 0 Å². The van der Waals surface area contributed by atoms with Crippen molar-refractivity contribution in [1.29, 1.82) is 0 Å². The molecule has 0 aliphatic rings. The van der Waals surface area contributed by atoms with Crippen molar-refractivity contribution in [3.8, 4) is 0 Å². The molecule has 0 saturated heterocycles. The van der Waals surface area contributed by atoms with Crippen molar-refractivity contribution >= 4 is 11.6 Å². The van der Waals surface area contributed by atoms with Gasteiger partial charge < -0.3 is 9.63 Å². The van der Waals surface area contributed by atoms with E-state index in [1.165, 1.54) is 6.07 Å². The molecular weight excluding hydrogens is 271 g/mol. The fourth-order valence-corrected chi connectivity index (χ4v) is 1.78. The largest absolute Gasteiger partial charge is 0.393 e. The molecule has 0 bridgehead atoms. The number of aromatic nitrogens is 2. The smallest absolute Gasteiger partial charge is 0.232 e. The molecule has 0 saturated carbocycles. The van der Waals surface area contributed by atoms with E-state index in [0.717, 1.165) is 0 Å². The monoisotopic (exact) mass is 284 g/mol. The topological polar surface area (TPSA) is 59.2 Å². The molecule has 0 amide bonds. The number of aliphatic hydroxyl groups excluding tert-OH is 1. The Morgan fingerprint density at radius 2 is 2.16 bits per heavy atom. The van der Waals surface area contributed by atoms with Gasteiger partial charge in [0.25, 0.3) is 0 Å². The lowest BCUT2D eigenvalue weighted by molar-refractivity contribution is 0.151. The zero-order chi connectivity index (χ0) is 14.0. The number of hydrogen-bond donors (Lipinski definition) is 1. The van der Waals surface area contributed by atoms with E-state index in [1.807, 2.05) is 0 Å². The number of hydrogen-bond acceptors (Lipinski definition) is 4. The van der Waals surface area contributed by atoms with Crippen LogP contribution in [0.2, 0.25) is 5.02 Å². The summed E-state index contributed by atoms with van der Waals surface area (Å²) in [7, 11) is 0. The predicted octanol–water partition coefficient (Wildman–Crippen LogP) is 2.94. The van der Waals surface area contributed by atoms with Gasteiger partial charge in [-0.1, -0.05) is 35.8 Å². The van der Waals surface area contributed by atoms with E-state index < -0.39 is 11.9 Å². The minimum Gasteiger partial charge on any atom is -0.393 e. The number of benzene rings is 1. The number of aliphatic hydroxyl groups is 1. The molecule has 1 aromatic carbocycles. The lowest BCUT2D eigenvalue weighted by atomic mass is 10.1. The third-order valence-corrected chi connectivity index (χ3v) is 3.27. The van der Waals surface area contributed by atoms with E-state index in [-0.39, 0.29) is 17.4 Å². The average molecular weight is 285 g/mol. The van der Waals surface area contributed by atoms with E-state index in [1.54, 1.807) is 26.0 Å². The molecule has 0 spiro atoms. The van der Waals surface area contributed by atoms with E-state index >= 15 is 0 Å². The van der Waals surface area contributed by atoms with Crippen LogP contribution in [0.3, 0.4) is 0 Å². The van der Waals surface area contributed by atoms with Crippen LogP contribution < -0.4 is 0 Å². The summed E-state index contributed by atoms with van der Waals surface area (Å²) in [5.74, 6) is -0.0272. The molecule has 2 rings (SSSR count). The van der Waals surface area contributed by atoms with Crippen molar-refractivity contribution in [3.05, 3.63) is 46.3 Å². The summed E-state index contributed by atoms with van der Waals surface area (Å²) in [6.07, 6.45) is -0.390. The highest BCUT2D eigenvalue weighted by molar-refractivity contribution is 6.30. The molecule has 0 fully saturated rings. The van der Waals surface area contributed by atoms with Crippen LogP contribution in [-0.4, -0.2) is 21.4 Å². The molecule has 2 unspecified atom stereocenters. The van der Waals surface area contributed by atoms with Gasteiger partial charge >= 0.3 is 0 Å². The zero-order valence-electron chi connectivity index (χ0n) is 10.6. The van der Waals surface area contributed by atoms with Gasteiger partial charge in [-0.2, -0.15) is 4.98 Å². The second-order valence-corrected chi connectivity index (χ2v) is 4.88. The first-order valence-corrected chi connectivity index (χ1v) is 6.30. The summed E-state index contributed by atoms with van der Waals surface area (Å²) >= 11 is 5.70. The average Bonchev–Trinajstić information content (AvgIpc) is 2.82. The van der Waals surface area contributed by atoms with Crippen LogP contribution in [0.5, 0.6) is 0 Å². The maximum absolute atomic E-state index is 13.7. The summed E-state index contributed by atoms with van der Waals surface area (Å²) in [6.45, 7) is 3.42. The summed E-state index contributed by atoms with van der Waals surface area (Å²) in [5, 5.41) is 13.3. The highest BCUT2D eigenvalue weighted by Crippen LogP contribution is 2.21. The second kappa shape index (κ2) is 5.67. The zero-order valence-corrected chi connectivity index (χ0v) is 11.4. The molecular formula is C13H14ClFN2O2. The van der Waals surface area contributed by atoms with Crippen LogP contribution in [-0.2, 0) is 6.42 Å². The third-order valence-electron chi connectivity index (χ3n) is 2.98. The van der Waals surface area contributed by atoms with Gasteiger partial charge in [-0.05, 0) is 18.6 Å². The van der Waals surface area contributed by atoms with Gasteiger partial charge in [0.05, 0.1) is 17.0 Å². The molecule has 4 nitrogen and oxygen atoms in total. The number of nitrogens with zero attached hydrogens (tertiary/aromatic N) is 2. The highest BCUT2D eigenvalue weighted by atomic mass is 35.5. The number of rotatable bonds is 4. The van der Waals surface area contributed by atoms with Gasteiger partial charge in [-0.3, -0.25) is 0 Å². The van der Waals surface area contributed by atoms with Crippen LogP contribution in [0, 0.1) is 5.82 Å². The minimum absolute atomic E-state index is 0.0681. The summed E-state index contributed by atoms with van der Waals surface area (Å²) < 4.78 is 18.8. The maximum Gasteiger partial charge on any atom is 0.232 e. The first kappa shape index (κ1) is 14.0. The van der Waals surface area contributed by atoms with Crippen molar-refractivity contribution in [2.75, 3.05) is 0 Å². The molecule has 0 aliphatic carbocycles. The Labute approximate surface area is 115 Å². The van der Waals surface area contributed by atoms with E-state index in [9.17, 15) is 9.50 Å². The first-order valence-electron chi connectivity index (χ1n) is 5.92. The normalized spacial score (nSPS) is 14.4. The van der Waals surface area contributed by atoms with Gasteiger partial charge in [-0.25, -0.2) is 4.39 Å². The lowest BCUT2D eigenvalue weighted by Crippen LogP contribution is -2.11. The Balaban J connectivity index is 2.18. The van der Waals surface area contributed by atoms with E-state index in [4.69, 9.17) is 16.1 Å². The molecule has 1 aromatic heterocycles. The van der Waals surface area contributed by atoms with Crippen molar-refractivity contribution < 1.29 is 14.0 Å². The molecule has 1 N–H and O–H groups in total. The van der Waals surface area contributed by atoms with Gasteiger partial charge in [0.2, 0.25) is 5.89 Å². The SMILES string of the molecule is CC(O)C(C)c1nc(Cc2cccc(Cl)c2F)no1. The Kier molecular flexibility index (Phi) is 4.17. The Morgan fingerprint density at radius 1 is 1.42 bits per heavy atom. The quantitative estimate of drug-likeness (QED) is 0.938. The molecule has 0 radical (unpaired) electrons. The molecule has 6 heteroatoms. The summed E-state index contributed by atoms with van der Waals surface area (Å²) in [6, 6.07) is 4.77. The van der Waals surface area contributed by atoms with Crippen LogP contribution in [0.1, 0.15) is 37.0 Å². The fraction of sp³-hybridized carbons (Fsp3) is 0.385. The van der Waals surface area contributed by atoms with Crippen molar-refractivity contribution in [1.82, 2.24) is 10.1 Å². The van der Waals surface area contributed by atoms with Gasteiger partial charge in [-0.15, -0.1) is 0 Å². The Morgan fingerprint density at radius 3 is 2.84 bits per heavy atom. The van der Waals surface area contributed by atoms with Crippen LogP contribution in [0.4, 0.5) is 4.39 Å². The Hall–Kier alpha value is -1.46. The molecule has 0 aliphatic heterocycles. The number of halogens is 2. The maximum atomic E-state index is 13.7. The molecule has 2 atom stereocenters. The predicted molar refractivity (Wildman–Crippen MR) is 68.6 cm³/mol. The molecule has 2 aromatic rings. The van der Waals surface area contributed by atoms with E-state index in [2.05, 4.69) is 10.1 Å². The lowest BCUT2D eigenvalue weighted by Gasteiger charge is -2.08. The highest BCUT2D eigenvalue weighted by Gasteiger charge is 2.19. The fourth-order valence-electron chi connectivity index (χ4n) is 1.59. The van der Waals surface area contributed by atoms with Gasteiger partial charge in [0.15, 0.2) is 5.82 Å². The third kappa shape index (κ3) is 3.11.